The maximum Gasteiger partial charge on any atom is 0.0506 e. The van der Waals surface area contributed by atoms with Crippen molar-refractivity contribution in [2.75, 3.05) is 28.7 Å². The standard InChI is InChI=1S/C11H15IN2S/c1-8-7-15-5-4-14(8)11-3-2-9(13)6-10(11)12/h2-3,6,8H,4-5,7,13H2,1H3. The van der Waals surface area contributed by atoms with Gasteiger partial charge in [-0.1, -0.05) is 0 Å². The fraction of sp³-hybridized carbons (Fsp3) is 0.455. The van der Waals surface area contributed by atoms with Crippen molar-refractivity contribution in [2.24, 2.45) is 0 Å². The van der Waals surface area contributed by atoms with Crippen molar-refractivity contribution in [3.8, 4) is 0 Å². The smallest absolute Gasteiger partial charge is 0.0506 e. The van der Waals surface area contributed by atoms with Gasteiger partial charge in [0.1, 0.15) is 0 Å². The van der Waals surface area contributed by atoms with E-state index in [1.54, 1.807) is 0 Å². The predicted octanol–water partition coefficient (Wildman–Crippen LogP) is 2.82. The topological polar surface area (TPSA) is 29.3 Å². The molecule has 0 aromatic heterocycles. The molecule has 15 heavy (non-hydrogen) atoms. The van der Waals surface area contributed by atoms with E-state index in [0.29, 0.717) is 6.04 Å². The van der Waals surface area contributed by atoms with E-state index in [4.69, 9.17) is 5.73 Å². The Kier molecular flexibility index (Phi) is 3.66. The number of anilines is 2. The molecular weight excluding hydrogens is 319 g/mol. The second-order valence-electron chi connectivity index (χ2n) is 3.83. The number of thioether (sulfide) groups is 1. The number of hydrogen-bond donors (Lipinski definition) is 1. The Hall–Kier alpha value is -0.100. The minimum atomic E-state index is 0.626. The summed E-state index contributed by atoms with van der Waals surface area (Å²) in [7, 11) is 0. The van der Waals surface area contributed by atoms with Gasteiger partial charge in [-0.2, -0.15) is 11.8 Å². The molecule has 1 heterocycles. The lowest BCUT2D eigenvalue weighted by Crippen LogP contribution is -2.40. The maximum absolute atomic E-state index is 5.76. The van der Waals surface area contributed by atoms with E-state index in [1.807, 2.05) is 23.9 Å². The largest absolute Gasteiger partial charge is 0.399 e. The molecule has 1 saturated heterocycles. The van der Waals surface area contributed by atoms with Gasteiger partial charge >= 0.3 is 0 Å². The number of benzene rings is 1. The van der Waals surface area contributed by atoms with Crippen molar-refractivity contribution in [3.05, 3.63) is 21.8 Å². The molecule has 2 N–H and O–H groups in total. The molecule has 1 aliphatic rings. The number of hydrogen-bond acceptors (Lipinski definition) is 3. The molecule has 0 spiro atoms. The van der Waals surface area contributed by atoms with Crippen molar-refractivity contribution >= 4 is 45.7 Å². The van der Waals surface area contributed by atoms with Crippen LogP contribution in [-0.2, 0) is 0 Å². The normalized spacial score (nSPS) is 21.7. The lowest BCUT2D eigenvalue weighted by Gasteiger charge is -2.35. The number of nitrogens with zero attached hydrogens (tertiary/aromatic N) is 1. The van der Waals surface area contributed by atoms with E-state index in [2.05, 4.69) is 40.5 Å². The van der Waals surface area contributed by atoms with Gasteiger partial charge in [0.15, 0.2) is 0 Å². The molecule has 0 radical (unpaired) electrons. The highest BCUT2D eigenvalue weighted by Crippen LogP contribution is 2.29. The molecule has 2 nitrogen and oxygen atoms in total. The molecule has 1 atom stereocenters. The van der Waals surface area contributed by atoms with Crippen LogP contribution in [0, 0.1) is 3.57 Å². The van der Waals surface area contributed by atoms with E-state index in [9.17, 15) is 0 Å². The van der Waals surface area contributed by atoms with Gasteiger partial charge in [-0.05, 0) is 47.7 Å². The summed E-state index contributed by atoms with van der Waals surface area (Å²) >= 11 is 4.41. The molecule has 82 valence electrons. The Labute approximate surface area is 109 Å². The van der Waals surface area contributed by atoms with E-state index in [1.165, 1.54) is 20.8 Å². The van der Waals surface area contributed by atoms with Crippen LogP contribution in [0.4, 0.5) is 11.4 Å². The molecule has 0 amide bonds. The van der Waals surface area contributed by atoms with Crippen LogP contribution < -0.4 is 10.6 Å². The molecule has 1 aromatic rings. The Bertz CT molecular complexity index is 356. The van der Waals surface area contributed by atoms with E-state index >= 15 is 0 Å². The van der Waals surface area contributed by atoms with Gasteiger partial charge in [0.05, 0.1) is 5.69 Å². The van der Waals surface area contributed by atoms with Gasteiger partial charge in [0, 0.05) is 33.3 Å². The van der Waals surface area contributed by atoms with Crippen LogP contribution in [-0.4, -0.2) is 24.1 Å². The van der Waals surface area contributed by atoms with E-state index in [0.717, 1.165) is 12.2 Å². The van der Waals surface area contributed by atoms with Gasteiger partial charge in [0.2, 0.25) is 0 Å². The van der Waals surface area contributed by atoms with E-state index in [-0.39, 0.29) is 0 Å². The molecule has 2 rings (SSSR count). The number of rotatable bonds is 1. The summed E-state index contributed by atoms with van der Waals surface area (Å²) in [5, 5.41) is 0. The van der Waals surface area contributed by atoms with Crippen molar-refractivity contribution in [3.63, 3.8) is 0 Å². The highest BCUT2D eigenvalue weighted by Gasteiger charge is 2.20. The third kappa shape index (κ3) is 2.53. The second-order valence-corrected chi connectivity index (χ2v) is 6.14. The molecule has 1 fully saturated rings. The number of nitrogens with two attached hydrogens (primary N) is 1. The summed E-state index contributed by atoms with van der Waals surface area (Å²) in [5.74, 6) is 2.45. The molecule has 1 unspecified atom stereocenters. The SMILES string of the molecule is CC1CSCCN1c1ccc(N)cc1I. The summed E-state index contributed by atoms with van der Waals surface area (Å²) in [4.78, 5) is 2.48. The average Bonchev–Trinajstić information content (AvgIpc) is 2.20. The maximum atomic E-state index is 5.76. The lowest BCUT2D eigenvalue weighted by atomic mass is 10.2. The molecular formula is C11H15IN2S. The molecule has 0 aliphatic carbocycles. The van der Waals surface area contributed by atoms with Crippen LogP contribution in [0.2, 0.25) is 0 Å². The van der Waals surface area contributed by atoms with Crippen LogP contribution in [0.1, 0.15) is 6.92 Å². The zero-order valence-electron chi connectivity index (χ0n) is 8.74. The summed E-state index contributed by atoms with van der Waals surface area (Å²) in [5.41, 5.74) is 7.94. The zero-order valence-corrected chi connectivity index (χ0v) is 11.7. The van der Waals surface area contributed by atoms with Crippen molar-refractivity contribution in [1.82, 2.24) is 0 Å². The Morgan fingerprint density at radius 1 is 1.53 bits per heavy atom. The van der Waals surface area contributed by atoms with Crippen LogP contribution in [0.25, 0.3) is 0 Å². The molecule has 4 heteroatoms. The van der Waals surface area contributed by atoms with Gasteiger partial charge < -0.3 is 10.6 Å². The minimum Gasteiger partial charge on any atom is -0.399 e. The summed E-state index contributed by atoms with van der Waals surface area (Å²) in [6.45, 7) is 3.43. The first-order valence-electron chi connectivity index (χ1n) is 5.08. The summed E-state index contributed by atoms with van der Waals surface area (Å²) in [6.07, 6.45) is 0. The quantitative estimate of drug-likeness (QED) is 0.633. The fourth-order valence-electron chi connectivity index (χ4n) is 1.84. The first-order valence-corrected chi connectivity index (χ1v) is 7.31. The predicted molar refractivity (Wildman–Crippen MR) is 77.7 cm³/mol. The van der Waals surface area contributed by atoms with Crippen LogP contribution in [0.5, 0.6) is 0 Å². The third-order valence-corrected chi connectivity index (χ3v) is 4.70. The van der Waals surface area contributed by atoms with Gasteiger partial charge in [0.25, 0.3) is 0 Å². The van der Waals surface area contributed by atoms with Gasteiger partial charge in [-0.3, -0.25) is 0 Å². The zero-order chi connectivity index (χ0) is 10.8. The number of halogens is 1. The van der Waals surface area contributed by atoms with Crippen molar-refractivity contribution in [1.29, 1.82) is 0 Å². The average molecular weight is 334 g/mol. The fourth-order valence-corrected chi connectivity index (χ4v) is 3.70. The first-order chi connectivity index (χ1) is 7.18. The molecule has 0 saturated carbocycles. The van der Waals surface area contributed by atoms with Crippen molar-refractivity contribution in [2.45, 2.75) is 13.0 Å². The highest BCUT2D eigenvalue weighted by atomic mass is 127. The van der Waals surface area contributed by atoms with Crippen LogP contribution in [0.3, 0.4) is 0 Å². The van der Waals surface area contributed by atoms with Crippen LogP contribution in [0.15, 0.2) is 18.2 Å². The molecule has 0 bridgehead atoms. The van der Waals surface area contributed by atoms with Crippen LogP contribution >= 0.6 is 34.4 Å². The Balaban J connectivity index is 2.27. The highest BCUT2D eigenvalue weighted by molar-refractivity contribution is 14.1. The molecule has 1 aromatic carbocycles. The Morgan fingerprint density at radius 2 is 2.33 bits per heavy atom. The number of nitrogen functional groups attached to an aromatic ring is 1. The van der Waals surface area contributed by atoms with Gasteiger partial charge in [-0.25, -0.2) is 0 Å². The first kappa shape index (κ1) is 11.4. The monoisotopic (exact) mass is 334 g/mol. The lowest BCUT2D eigenvalue weighted by molar-refractivity contribution is 0.698. The van der Waals surface area contributed by atoms with E-state index < -0.39 is 0 Å². The minimum absolute atomic E-state index is 0.626. The summed E-state index contributed by atoms with van der Waals surface area (Å²) in [6, 6.07) is 6.81. The summed E-state index contributed by atoms with van der Waals surface area (Å²) < 4.78 is 1.26. The second kappa shape index (κ2) is 4.82. The Morgan fingerprint density at radius 3 is 3.00 bits per heavy atom. The van der Waals surface area contributed by atoms with Crippen molar-refractivity contribution < 1.29 is 0 Å². The van der Waals surface area contributed by atoms with Gasteiger partial charge in [-0.15, -0.1) is 0 Å². The third-order valence-electron chi connectivity index (χ3n) is 2.65. The molecule has 1 aliphatic heterocycles.